The average molecular weight is 495 g/mol. The summed E-state index contributed by atoms with van der Waals surface area (Å²) in [6.07, 6.45) is 5.45. The van der Waals surface area contributed by atoms with E-state index in [4.69, 9.17) is 4.84 Å². The molecule has 7 heteroatoms. The first kappa shape index (κ1) is 26.3. The zero-order chi connectivity index (χ0) is 25.8. The van der Waals surface area contributed by atoms with Crippen molar-refractivity contribution in [2.24, 2.45) is 28.8 Å². The molecular formula is C29H38N2O5. The average Bonchev–Trinajstić information content (AvgIpc) is 3.09. The van der Waals surface area contributed by atoms with E-state index in [0.29, 0.717) is 25.2 Å². The molecule has 36 heavy (non-hydrogen) atoms. The number of aliphatic hydroxyl groups is 2. The van der Waals surface area contributed by atoms with Crippen LogP contribution in [0.4, 0.5) is 0 Å². The fourth-order valence-electron chi connectivity index (χ4n) is 5.95. The lowest BCUT2D eigenvalue weighted by atomic mass is 9.60. The molecule has 0 bridgehead atoms. The zero-order valence-corrected chi connectivity index (χ0v) is 21.5. The van der Waals surface area contributed by atoms with Crippen molar-refractivity contribution >= 4 is 17.5 Å². The first-order valence-electron chi connectivity index (χ1n) is 13.0. The minimum absolute atomic E-state index is 0.178. The standard InChI is InChI=1S/C29H38N2O5/c1-18(2)8-7-9-19(3)14-15-36-30-23-16-24(32)27(33)25-21(23)12-13-22-26(25)29(35)31(28(22)34)17-20-10-5-4-6-11-20/h4-6,8,10-11,14,21-22,24-27,32-33H,7,9,12-13,15-17H2,1-3H3/t21-,22+,24+,25-,26-,27+/m0/s1. The summed E-state index contributed by atoms with van der Waals surface area (Å²) in [7, 11) is 0. The number of imide groups is 1. The second-order valence-electron chi connectivity index (χ2n) is 10.7. The van der Waals surface area contributed by atoms with Crippen molar-refractivity contribution in [2.75, 3.05) is 6.61 Å². The molecule has 0 unspecified atom stereocenters. The second kappa shape index (κ2) is 11.5. The molecule has 0 aromatic heterocycles. The van der Waals surface area contributed by atoms with E-state index in [1.54, 1.807) is 0 Å². The molecule has 2 saturated carbocycles. The predicted octanol–water partition coefficient (Wildman–Crippen LogP) is 4.00. The highest BCUT2D eigenvalue weighted by atomic mass is 16.6. The molecule has 2 amide bonds. The maximum Gasteiger partial charge on any atom is 0.233 e. The third-order valence-electron chi connectivity index (χ3n) is 7.83. The van der Waals surface area contributed by atoms with Crippen LogP contribution in [0.5, 0.6) is 0 Å². The summed E-state index contributed by atoms with van der Waals surface area (Å²) in [6.45, 7) is 6.80. The number of carbonyl (C=O) groups is 2. The summed E-state index contributed by atoms with van der Waals surface area (Å²) >= 11 is 0. The van der Waals surface area contributed by atoms with Gasteiger partial charge in [0.25, 0.3) is 0 Å². The summed E-state index contributed by atoms with van der Waals surface area (Å²) in [5.74, 6) is -2.28. The van der Waals surface area contributed by atoms with Crippen LogP contribution in [-0.4, -0.2) is 51.5 Å². The maximum absolute atomic E-state index is 13.5. The summed E-state index contributed by atoms with van der Waals surface area (Å²) in [6, 6.07) is 9.45. The molecule has 1 saturated heterocycles. The summed E-state index contributed by atoms with van der Waals surface area (Å²) in [4.78, 5) is 33.6. The van der Waals surface area contributed by atoms with E-state index in [1.807, 2.05) is 36.4 Å². The number of fused-ring (bicyclic) bond motifs is 3. The largest absolute Gasteiger partial charge is 0.392 e. The highest BCUT2D eigenvalue weighted by molar-refractivity contribution is 6.06. The molecular weight excluding hydrogens is 456 g/mol. The van der Waals surface area contributed by atoms with Gasteiger partial charge in [-0.15, -0.1) is 0 Å². The molecule has 2 aliphatic carbocycles. The van der Waals surface area contributed by atoms with Crippen molar-refractivity contribution in [2.45, 2.75) is 71.6 Å². The summed E-state index contributed by atoms with van der Waals surface area (Å²) in [5.41, 5.74) is 4.09. The van der Waals surface area contributed by atoms with Crippen LogP contribution in [0.3, 0.4) is 0 Å². The number of likely N-dealkylation sites (tertiary alicyclic amines) is 1. The topological polar surface area (TPSA) is 99.4 Å². The summed E-state index contributed by atoms with van der Waals surface area (Å²) < 4.78 is 0. The molecule has 0 spiro atoms. The number of carbonyl (C=O) groups excluding carboxylic acids is 2. The van der Waals surface area contributed by atoms with Gasteiger partial charge < -0.3 is 15.1 Å². The van der Waals surface area contributed by atoms with Crippen LogP contribution >= 0.6 is 0 Å². The van der Waals surface area contributed by atoms with Crippen molar-refractivity contribution in [3.63, 3.8) is 0 Å². The number of hydrogen-bond donors (Lipinski definition) is 2. The van der Waals surface area contributed by atoms with Gasteiger partial charge in [0.05, 0.1) is 36.3 Å². The number of benzene rings is 1. The number of nitrogens with zero attached hydrogens (tertiary/aromatic N) is 2. The predicted molar refractivity (Wildman–Crippen MR) is 138 cm³/mol. The SMILES string of the molecule is CC(C)=CCCC(C)=CCON=C1C[C@@H](O)[C@@H](O)[C@@H]2[C@H]3C(=O)N(Cc4ccccc4)C(=O)[C@@H]3CC[C@@H]12. The molecule has 3 fully saturated rings. The number of allylic oxidation sites excluding steroid dienone is 3. The molecule has 7 nitrogen and oxygen atoms in total. The van der Waals surface area contributed by atoms with Crippen molar-refractivity contribution in [1.29, 1.82) is 0 Å². The van der Waals surface area contributed by atoms with E-state index in [1.165, 1.54) is 16.0 Å². The molecule has 0 radical (unpaired) electrons. The Morgan fingerprint density at radius 3 is 2.50 bits per heavy atom. The van der Waals surface area contributed by atoms with Crippen molar-refractivity contribution in [3.05, 3.63) is 59.2 Å². The Hall–Kier alpha value is -2.77. The van der Waals surface area contributed by atoms with Gasteiger partial charge in [-0.1, -0.05) is 52.7 Å². The van der Waals surface area contributed by atoms with Crippen LogP contribution in [0.25, 0.3) is 0 Å². The highest BCUT2D eigenvalue weighted by Crippen LogP contribution is 2.49. The Kier molecular flexibility index (Phi) is 8.42. The molecule has 1 aromatic carbocycles. The number of amides is 2. The van der Waals surface area contributed by atoms with Crippen LogP contribution in [0.2, 0.25) is 0 Å². The Morgan fingerprint density at radius 1 is 1.06 bits per heavy atom. The second-order valence-corrected chi connectivity index (χ2v) is 10.7. The summed E-state index contributed by atoms with van der Waals surface area (Å²) in [5, 5.41) is 25.9. The van der Waals surface area contributed by atoms with E-state index >= 15 is 0 Å². The molecule has 3 aliphatic rings. The quantitative estimate of drug-likeness (QED) is 0.246. The van der Waals surface area contributed by atoms with Gasteiger partial charge in [0, 0.05) is 18.3 Å². The van der Waals surface area contributed by atoms with Crippen LogP contribution < -0.4 is 0 Å². The molecule has 1 aliphatic heterocycles. The Morgan fingerprint density at radius 2 is 1.78 bits per heavy atom. The van der Waals surface area contributed by atoms with Gasteiger partial charge in [0.15, 0.2) is 0 Å². The van der Waals surface area contributed by atoms with Crippen LogP contribution in [0.15, 0.2) is 58.8 Å². The van der Waals surface area contributed by atoms with E-state index < -0.39 is 30.0 Å². The van der Waals surface area contributed by atoms with Gasteiger partial charge in [-0.2, -0.15) is 0 Å². The number of aliphatic hydroxyl groups excluding tert-OH is 2. The normalized spacial score (nSPS) is 31.3. The molecule has 2 N–H and O–H groups in total. The third kappa shape index (κ3) is 5.62. The lowest BCUT2D eigenvalue weighted by molar-refractivity contribution is -0.142. The highest BCUT2D eigenvalue weighted by Gasteiger charge is 2.59. The number of rotatable bonds is 8. The first-order valence-corrected chi connectivity index (χ1v) is 13.0. The van der Waals surface area contributed by atoms with E-state index in [2.05, 4.69) is 32.0 Å². The first-order chi connectivity index (χ1) is 17.3. The third-order valence-corrected chi connectivity index (χ3v) is 7.83. The van der Waals surface area contributed by atoms with Gasteiger partial charge in [-0.05, 0) is 58.1 Å². The molecule has 6 atom stereocenters. The van der Waals surface area contributed by atoms with Crippen molar-refractivity contribution in [1.82, 2.24) is 4.90 Å². The van der Waals surface area contributed by atoms with Crippen molar-refractivity contribution in [3.8, 4) is 0 Å². The van der Waals surface area contributed by atoms with Gasteiger partial charge >= 0.3 is 0 Å². The molecule has 194 valence electrons. The lowest BCUT2D eigenvalue weighted by Gasteiger charge is -2.45. The minimum Gasteiger partial charge on any atom is -0.392 e. The fraction of sp³-hybridized carbons (Fsp3) is 0.552. The molecule has 1 aromatic rings. The fourth-order valence-corrected chi connectivity index (χ4v) is 5.95. The van der Waals surface area contributed by atoms with Gasteiger partial charge in [0.2, 0.25) is 11.8 Å². The van der Waals surface area contributed by atoms with Gasteiger partial charge in [0.1, 0.15) is 6.61 Å². The molecule has 1 heterocycles. The minimum atomic E-state index is -1.08. The van der Waals surface area contributed by atoms with Crippen molar-refractivity contribution < 1.29 is 24.6 Å². The van der Waals surface area contributed by atoms with Crippen LogP contribution in [-0.2, 0) is 21.0 Å². The lowest BCUT2D eigenvalue weighted by Crippen LogP contribution is -2.54. The monoisotopic (exact) mass is 494 g/mol. The maximum atomic E-state index is 13.5. The Labute approximate surface area is 213 Å². The van der Waals surface area contributed by atoms with Crippen LogP contribution in [0, 0.1) is 23.7 Å². The zero-order valence-electron chi connectivity index (χ0n) is 21.5. The van der Waals surface area contributed by atoms with Gasteiger partial charge in [-0.3, -0.25) is 14.5 Å². The van der Waals surface area contributed by atoms with Crippen LogP contribution in [0.1, 0.15) is 58.4 Å². The Balaban J connectivity index is 1.46. The van der Waals surface area contributed by atoms with E-state index in [9.17, 15) is 19.8 Å². The number of oxime groups is 1. The molecule has 4 rings (SSSR count). The van der Waals surface area contributed by atoms with E-state index in [-0.39, 0.29) is 30.7 Å². The number of hydrogen-bond acceptors (Lipinski definition) is 6. The smallest absolute Gasteiger partial charge is 0.233 e. The van der Waals surface area contributed by atoms with E-state index in [0.717, 1.165) is 18.4 Å². The Bertz CT molecular complexity index is 1040. The van der Waals surface area contributed by atoms with Gasteiger partial charge in [-0.25, -0.2) is 0 Å².